The summed E-state index contributed by atoms with van der Waals surface area (Å²) in [6, 6.07) is 4.80. The fourth-order valence-corrected chi connectivity index (χ4v) is 1.73. The lowest BCUT2D eigenvalue weighted by Crippen LogP contribution is -2.00. The fourth-order valence-electron chi connectivity index (χ4n) is 1.07. The van der Waals surface area contributed by atoms with Crippen molar-refractivity contribution in [2.45, 2.75) is 6.92 Å². The van der Waals surface area contributed by atoms with Crippen molar-refractivity contribution in [1.29, 1.82) is 0 Å². The van der Waals surface area contributed by atoms with Crippen LogP contribution in [0.5, 0.6) is 0 Å². The number of rotatable bonds is 2. The monoisotopic (exact) mass is 221 g/mol. The molecule has 5 nitrogen and oxygen atoms in total. The van der Waals surface area contributed by atoms with Crippen molar-refractivity contribution in [3.63, 3.8) is 0 Å². The van der Waals surface area contributed by atoms with E-state index in [4.69, 9.17) is 5.11 Å². The van der Waals surface area contributed by atoms with Crippen LogP contribution < -0.4 is 0 Å². The largest absolute Gasteiger partial charge is 0.477 e. The van der Waals surface area contributed by atoms with Crippen LogP contribution in [0.3, 0.4) is 0 Å². The van der Waals surface area contributed by atoms with Gasteiger partial charge in [0.1, 0.15) is 16.4 Å². The first-order valence-electron chi connectivity index (χ1n) is 4.17. The van der Waals surface area contributed by atoms with Gasteiger partial charge < -0.3 is 5.11 Å². The first-order chi connectivity index (χ1) is 7.16. The maximum atomic E-state index is 10.7. The highest BCUT2D eigenvalue weighted by atomic mass is 32.1. The van der Waals surface area contributed by atoms with Gasteiger partial charge >= 0.3 is 5.97 Å². The van der Waals surface area contributed by atoms with Crippen LogP contribution in [0.15, 0.2) is 18.2 Å². The number of pyridine rings is 1. The predicted molar refractivity (Wildman–Crippen MR) is 54.8 cm³/mol. The van der Waals surface area contributed by atoms with Gasteiger partial charge in [0.2, 0.25) is 0 Å². The average Bonchev–Trinajstić information content (AvgIpc) is 2.65. The van der Waals surface area contributed by atoms with Gasteiger partial charge in [-0.3, -0.25) is 0 Å². The summed E-state index contributed by atoms with van der Waals surface area (Å²) >= 11 is 1.38. The molecular weight excluding hydrogens is 214 g/mol. The van der Waals surface area contributed by atoms with E-state index >= 15 is 0 Å². The number of carboxylic acids is 1. The third-order valence-electron chi connectivity index (χ3n) is 1.71. The lowest BCUT2D eigenvalue weighted by molar-refractivity contribution is 0.0690. The smallest absolute Gasteiger partial charge is 0.354 e. The molecule has 0 saturated heterocycles. The second-order valence-corrected chi connectivity index (χ2v) is 4.02. The third-order valence-corrected chi connectivity index (χ3v) is 2.57. The summed E-state index contributed by atoms with van der Waals surface area (Å²) in [5.41, 5.74) is 0.556. The molecule has 0 saturated carbocycles. The van der Waals surface area contributed by atoms with Crippen molar-refractivity contribution >= 4 is 17.3 Å². The Morgan fingerprint density at radius 3 is 2.80 bits per heavy atom. The Hall–Kier alpha value is -1.82. The van der Waals surface area contributed by atoms with E-state index in [1.807, 2.05) is 6.92 Å². The van der Waals surface area contributed by atoms with Crippen molar-refractivity contribution in [2.24, 2.45) is 0 Å². The summed E-state index contributed by atoms with van der Waals surface area (Å²) < 4.78 is 0. The average molecular weight is 221 g/mol. The van der Waals surface area contributed by atoms with Crippen molar-refractivity contribution < 1.29 is 9.90 Å². The summed E-state index contributed by atoms with van der Waals surface area (Å²) in [6.07, 6.45) is 0. The van der Waals surface area contributed by atoms with Gasteiger partial charge in [0.15, 0.2) is 5.01 Å². The van der Waals surface area contributed by atoms with Gasteiger partial charge in [0.05, 0.1) is 0 Å². The maximum absolute atomic E-state index is 10.7. The van der Waals surface area contributed by atoms with Crippen LogP contribution in [0.2, 0.25) is 0 Å². The molecule has 0 bridgehead atoms. The predicted octanol–water partition coefficient (Wildman–Crippen LogP) is 1.61. The quantitative estimate of drug-likeness (QED) is 0.833. The highest BCUT2D eigenvalue weighted by molar-refractivity contribution is 7.14. The summed E-state index contributed by atoms with van der Waals surface area (Å²) in [7, 11) is 0. The molecule has 1 N–H and O–H groups in total. The van der Waals surface area contributed by atoms with Crippen molar-refractivity contribution in [3.05, 3.63) is 28.9 Å². The Balaban J connectivity index is 2.45. The number of carboxylic acid groups (broad SMARTS) is 1. The molecule has 0 spiro atoms. The molecule has 2 aromatic heterocycles. The lowest BCUT2D eigenvalue weighted by Gasteiger charge is -1.96. The van der Waals surface area contributed by atoms with E-state index < -0.39 is 5.97 Å². The summed E-state index contributed by atoms with van der Waals surface area (Å²) in [4.78, 5) is 14.7. The van der Waals surface area contributed by atoms with Crippen LogP contribution in [-0.2, 0) is 0 Å². The van der Waals surface area contributed by atoms with E-state index in [2.05, 4.69) is 15.2 Å². The molecule has 0 aromatic carbocycles. The number of hydrogen-bond acceptors (Lipinski definition) is 5. The van der Waals surface area contributed by atoms with E-state index in [1.54, 1.807) is 12.1 Å². The van der Waals surface area contributed by atoms with Gasteiger partial charge in [-0.25, -0.2) is 9.78 Å². The second-order valence-electron chi connectivity index (χ2n) is 2.84. The molecule has 0 amide bonds. The van der Waals surface area contributed by atoms with Crippen LogP contribution >= 0.6 is 11.3 Å². The zero-order valence-electron chi connectivity index (χ0n) is 7.84. The Kier molecular flexibility index (Phi) is 2.42. The van der Waals surface area contributed by atoms with Gasteiger partial charge in [0, 0.05) is 0 Å². The molecule has 15 heavy (non-hydrogen) atoms. The zero-order chi connectivity index (χ0) is 10.8. The van der Waals surface area contributed by atoms with Crippen molar-refractivity contribution in [2.75, 3.05) is 0 Å². The molecule has 0 aliphatic heterocycles. The summed E-state index contributed by atoms with van der Waals surface area (Å²) in [5.74, 6) is -1.04. The van der Waals surface area contributed by atoms with Gasteiger partial charge in [-0.2, -0.15) is 0 Å². The van der Waals surface area contributed by atoms with E-state index in [0.29, 0.717) is 10.7 Å². The van der Waals surface area contributed by atoms with Crippen molar-refractivity contribution in [3.8, 4) is 10.7 Å². The van der Waals surface area contributed by atoms with Gasteiger partial charge in [-0.15, -0.1) is 10.2 Å². The Bertz CT molecular complexity index is 510. The standard InChI is InChI=1S/C9H7N3O2S/c1-5-11-12-8(15-5)6-3-2-4-7(10-6)9(13)14/h2-4H,1H3,(H,13,14). The molecule has 2 aromatic rings. The SMILES string of the molecule is Cc1nnc(-c2cccc(C(=O)O)n2)s1. The highest BCUT2D eigenvalue weighted by Crippen LogP contribution is 2.20. The third kappa shape index (κ3) is 1.99. The first kappa shape index (κ1) is 9.72. The minimum atomic E-state index is -1.04. The molecular formula is C9H7N3O2S. The molecule has 0 radical (unpaired) electrons. The van der Waals surface area contributed by atoms with Crippen LogP contribution in [0, 0.1) is 6.92 Å². The van der Waals surface area contributed by atoms with Gasteiger partial charge in [-0.05, 0) is 19.1 Å². The minimum absolute atomic E-state index is 0.0142. The Morgan fingerprint density at radius 1 is 1.40 bits per heavy atom. The lowest BCUT2D eigenvalue weighted by atomic mass is 10.3. The molecule has 0 unspecified atom stereocenters. The fraction of sp³-hybridized carbons (Fsp3) is 0.111. The topological polar surface area (TPSA) is 76.0 Å². The number of aromatic carboxylic acids is 1. The number of aryl methyl sites for hydroxylation is 1. The highest BCUT2D eigenvalue weighted by Gasteiger charge is 2.09. The molecule has 0 fully saturated rings. The number of carbonyl (C=O) groups is 1. The van der Waals surface area contributed by atoms with E-state index in [-0.39, 0.29) is 5.69 Å². The van der Waals surface area contributed by atoms with Crippen molar-refractivity contribution in [1.82, 2.24) is 15.2 Å². The van der Waals surface area contributed by atoms with Crippen LogP contribution in [0.4, 0.5) is 0 Å². The molecule has 0 aliphatic rings. The van der Waals surface area contributed by atoms with E-state index in [0.717, 1.165) is 5.01 Å². The molecule has 6 heteroatoms. The van der Waals surface area contributed by atoms with E-state index in [9.17, 15) is 4.79 Å². The molecule has 0 aliphatic carbocycles. The van der Waals surface area contributed by atoms with Crippen LogP contribution in [0.25, 0.3) is 10.7 Å². The molecule has 2 rings (SSSR count). The molecule has 76 valence electrons. The molecule has 0 atom stereocenters. The summed E-state index contributed by atoms with van der Waals surface area (Å²) in [5, 5.41) is 18.0. The first-order valence-corrected chi connectivity index (χ1v) is 4.99. The number of aromatic nitrogens is 3. The van der Waals surface area contributed by atoms with E-state index in [1.165, 1.54) is 17.4 Å². The van der Waals surface area contributed by atoms with Gasteiger partial charge in [0.25, 0.3) is 0 Å². The van der Waals surface area contributed by atoms with Gasteiger partial charge in [-0.1, -0.05) is 17.4 Å². The Labute approximate surface area is 89.4 Å². The van der Waals surface area contributed by atoms with Crippen LogP contribution in [-0.4, -0.2) is 26.3 Å². The second kappa shape index (κ2) is 3.74. The number of hydrogen-bond donors (Lipinski definition) is 1. The summed E-state index contributed by atoms with van der Waals surface area (Å²) in [6.45, 7) is 1.84. The number of nitrogens with zero attached hydrogens (tertiary/aromatic N) is 3. The zero-order valence-corrected chi connectivity index (χ0v) is 8.65. The maximum Gasteiger partial charge on any atom is 0.354 e. The minimum Gasteiger partial charge on any atom is -0.477 e. The normalized spacial score (nSPS) is 10.2. The Morgan fingerprint density at radius 2 is 2.20 bits per heavy atom. The van der Waals surface area contributed by atoms with Crippen LogP contribution in [0.1, 0.15) is 15.5 Å². The molecule has 2 heterocycles.